The minimum absolute atomic E-state index is 0.182. The second kappa shape index (κ2) is 12.7. The summed E-state index contributed by atoms with van der Waals surface area (Å²) in [6, 6.07) is 9.24. The van der Waals surface area contributed by atoms with Crippen molar-refractivity contribution in [2.24, 2.45) is 0 Å². The molecule has 0 N–H and O–H groups in total. The molecule has 0 unspecified atom stereocenters. The fourth-order valence-electron chi connectivity index (χ4n) is 2.91. The molecule has 0 aliphatic carbocycles. The zero-order chi connectivity index (χ0) is 21.8. The maximum atomic E-state index is 13.2. The largest absolute Gasteiger partial charge is 0.462 e. The lowest BCUT2D eigenvalue weighted by Crippen LogP contribution is -2.08. The summed E-state index contributed by atoms with van der Waals surface area (Å²) in [5.41, 5.74) is 0.948. The van der Waals surface area contributed by atoms with Gasteiger partial charge >= 0.3 is 11.9 Å². The summed E-state index contributed by atoms with van der Waals surface area (Å²) < 4.78 is 36.5. The zero-order valence-electron chi connectivity index (χ0n) is 17.3. The Bertz CT molecular complexity index is 818. The summed E-state index contributed by atoms with van der Waals surface area (Å²) in [6.07, 6.45) is 8.00. The van der Waals surface area contributed by atoms with E-state index < -0.39 is 23.6 Å². The van der Waals surface area contributed by atoms with Crippen LogP contribution in [0.25, 0.3) is 0 Å². The summed E-state index contributed by atoms with van der Waals surface area (Å²) in [7, 11) is 0. The van der Waals surface area contributed by atoms with Crippen molar-refractivity contribution in [3.05, 3.63) is 70.8 Å². The minimum Gasteiger partial charge on any atom is -0.462 e. The Morgan fingerprint density at radius 3 is 1.90 bits per heavy atom. The molecular weight excluding hydrogens is 390 g/mol. The van der Waals surface area contributed by atoms with Crippen LogP contribution in [-0.4, -0.2) is 18.5 Å². The van der Waals surface area contributed by atoms with E-state index >= 15 is 0 Å². The van der Waals surface area contributed by atoms with Crippen molar-refractivity contribution in [1.29, 1.82) is 0 Å². The van der Waals surface area contributed by atoms with Gasteiger partial charge in [0.15, 0.2) is 11.6 Å². The highest BCUT2D eigenvalue weighted by atomic mass is 19.2. The summed E-state index contributed by atoms with van der Waals surface area (Å²) >= 11 is 0. The van der Waals surface area contributed by atoms with Crippen LogP contribution in [0.5, 0.6) is 0 Å². The molecule has 2 rings (SSSR count). The van der Waals surface area contributed by atoms with Crippen LogP contribution in [0.15, 0.2) is 42.5 Å². The van der Waals surface area contributed by atoms with Gasteiger partial charge in [-0.1, -0.05) is 51.5 Å². The SMILES string of the molecule is CCCCCCCCCOC(=O)c1ccc(C(=O)OCc2ccc(F)c(F)c2)cc1. The molecule has 0 aliphatic heterocycles. The van der Waals surface area contributed by atoms with E-state index in [0.29, 0.717) is 17.7 Å². The highest BCUT2D eigenvalue weighted by molar-refractivity contribution is 5.93. The number of unbranched alkanes of at least 4 members (excludes halogenated alkanes) is 6. The Morgan fingerprint density at radius 2 is 1.30 bits per heavy atom. The first-order chi connectivity index (χ1) is 14.5. The predicted molar refractivity (Wildman–Crippen MR) is 110 cm³/mol. The summed E-state index contributed by atoms with van der Waals surface area (Å²) in [5, 5.41) is 0. The molecule has 162 valence electrons. The van der Waals surface area contributed by atoms with Crippen molar-refractivity contribution in [1.82, 2.24) is 0 Å². The second-order valence-electron chi connectivity index (χ2n) is 7.16. The Kier molecular flexibility index (Phi) is 9.98. The summed E-state index contributed by atoms with van der Waals surface area (Å²) in [6.45, 7) is 2.38. The quantitative estimate of drug-likeness (QED) is 0.303. The third-order valence-corrected chi connectivity index (χ3v) is 4.69. The number of rotatable bonds is 12. The molecule has 0 heterocycles. The van der Waals surface area contributed by atoms with E-state index in [1.807, 2.05) is 0 Å². The van der Waals surface area contributed by atoms with Gasteiger partial charge in [0.05, 0.1) is 17.7 Å². The maximum Gasteiger partial charge on any atom is 0.338 e. The van der Waals surface area contributed by atoms with E-state index in [-0.39, 0.29) is 12.2 Å². The van der Waals surface area contributed by atoms with Crippen LogP contribution < -0.4 is 0 Å². The van der Waals surface area contributed by atoms with Gasteiger partial charge in [0.25, 0.3) is 0 Å². The molecule has 0 aromatic heterocycles. The van der Waals surface area contributed by atoms with Crippen molar-refractivity contribution in [3.63, 3.8) is 0 Å². The normalized spacial score (nSPS) is 10.6. The molecule has 4 nitrogen and oxygen atoms in total. The summed E-state index contributed by atoms with van der Waals surface area (Å²) in [5.74, 6) is -3.01. The molecule has 2 aromatic carbocycles. The fourth-order valence-corrected chi connectivity index (χ4v) is 2.91. The van der Waals surface area contributed by atoms with Crippen LogP contribution in [0.1, 0.15) is 78.1 Å². The van der Waals surface area contributed by atoms with Crippen molar-refractivity contribution in [2.45, 2.75) is 58.5 Å². The average molecular weight is 418 g/mol. The van der Waals surface area contributed by atoms with E-state index in [1.165, 1.54) is 56.0 Å². The van der Waals surface area contributed by atoms with Crippen LogP contribution in [0, 0.1) is 11.6 Å². The first-order valence-corrected chi connectivity index (χ1v) is 10.4. The Hall–Kier alpha value is -2.76. The predicted octanol–water partition coefficient (Wildman–Crippen LogP) is 6.23. The molecule has 0 aliphatic rings. The molecule has 0 radical (unpaired) electrons. The zero-order valence-corrected chi connectivity index (χ0v) is 17.3. The second-order valence-corrected chi connectivity index (χ2v) is 7.16. The third kappa shape index (κ3) is 7.93. The molecule has 0 bridgehead atoms. The van der Waals surface area contributed by atoms with Crippen LogP contribution in [0.4, 0.5) is 8.78 Å². The molecule has 0 saturated heterocycles. The molecule has 30 heavy (non-hydrogen) atoms. The highest BCUT2D eigenvalue weighted by Gasteiger charge is 2.12. The van der Waals surface area contributed by atoms with Crippen molar-refractivity contribution < 1.29 is 27.8 Å². The number of hydrogen-bond acceptors (Lipinski definition) is 4. The lowest BCUT2D eigenvalue weighted by atomic mass is 10.1. The maximum absolute atomic E-state index is 13.2. The lowest BCUT2D eigenvalue weighted by molar-refractivity contribution is 0.0466. The van der Waals surface area contributed by atoms with Gasteiger partial charge in [-0.25, -0.2) is 18.4 Å². The van der Waals surface area contributed by atoms with Crippen LogP contribution >= 0.6 is 0 Å². The standard InChI is InChI=1S/C24H28F2O4/c1-2-3-4-5-6-7-8-15-29-23(27)19-10-12-20(13-11-19)24(28)30-17-18-9-14-21(25)22(26)16-18/h9-14,16H,2-8,15,17H2,1H3. The van der Waals surface area contributed by atoms with Crippen molar-refractivity contribution in [2.75, 3.05) is 6.61 Å². The number of esters is 2. The van der Waals surface area contributed by atoms with Gasteiger partial charge in [0.1, 0.15) is 6.61 Å². The van der Waals surface area contributed by atoms with Gasteiger partial charge in [-0.2, -0.15) is 0 Å². The van der Waals surface area contributed by atoms with Crippen LogP contribution in [-0.2, 0) is 16.1 Å². The number of ether oxygens (including phenoxy) is 2. The van der Waals surface area contributed by atoms with E-state index in [4.69, 9.17) is 9.47 Å². The van der Waals surface area contributed by atoms with Gasteiger partial charge in [-0.3, -0.25) is 0 Å². The number of carbonyl (C=O) groups excluding carboxylic acids is 2. The summed E-state index contributed by atoms with van der Waals surface area (Å²) in [4.78, 5) is 24.1. The molecule has 0 atom stereocenters. The molecule has 0 amide bonds. The van der Waals surface area contributed by atoms with Gasteiger partial charge < -0.3 is 9.47 Å². The van der Waals surface area contributed by atoms with Crippen LogP contribution in [0.2, 0.25) is 0 Å². The van der Waals surface area contributed by atoms with Gasteiger partial charge in [-0.15, -0.1) is 0 Å². The number of benzene rings is 2. The van der Waals surface area contributed by atoms with Gasteiger partial charge in [-0.05, 0) is 48.4 Å². The Balaban J connectivity index is 1.72. The molecule has 0 fully saturated rings. The van der Waals surface area contributed by atoms with E-state index in [9.17, 15) is 18.4 Å². The van der Waals surface area contributed by atoms with Crippen molar-refractivity contribution in [3.8, 4) is 0 Å². The number of halogens is 2. The number of carbonyl (C=O) groups is 2. The van der Waals surface area contributed by atoms with E-state index in [2.05, 4.69) is 6.92 Å². The highest BCUT2D eigenvalue weighted by Crippen LogP contribution is 2.13. The molecule has 6 heteroatoms. The molecule has 0 spiro atoms. The topological polar surface area (TPSA) is 52.6 Å². The first kappa shape index (κ1) is 23.5. The van der Waals surface area contributed by atoms with E-state index in [1.54, 1.807) is 0 Å². The molecule has 0 saturated carbocycles. The molecule has 2 aromatic rings. The van der Waals surface area contributed by atoms with Gasteiger partial charge in [0, 0.05) is 0 Å². The smallest absolute Gasteiger partial charge is 0.338 e. The molecular formula is C24H28F2O4. The fraction of sp³-hybridized carbons (Fsp3) is 0.417. The minimum atomic E-state index is -0.997. The van der Waals surface area contributed by atoms with Crippen LogP contribution in [0.3, 0.4) is 0 Å². The van der Waals surface area contributed by atoms with E-state index in [0.717, 1.165) is 31.4 Å². The third-order valence-electron chi connectivity index (χ3n) is 4.69. The Labute approximate surface area is 176 Å². The number of hydrogen-bond donors (Lipinski definition) is 0. The van der Waals surface area contributed by atoms with Gasteiger partial charge in [0.2, 0.25) is 0 Å². The monoisotopic (exact) mass is 418 g/mol. The average Bonchev–Trinajstić information content (AvgIpc) is 2.76. The lowest BCUT2D eigenvalue weighted by Gasteiger charge is -2.07. The first-order valence-electron chi connectivity index (χ1n) is 10.4. The Morgan fingerprint density at radius 1 is 0.733 bits per heavy atom. The van der Waals surface area contributed by atoms with Crippen molar-refractivity contribution >= 4 is 11.9 Å².